The first-order valence-electron chi connectivity index (χ1n) is 8.97. The van der Waals surface area contributed by atoms with Crippen LogP contribution in [0.5, 0.6) is 0 Å². The molecule has 128 valence electrons. The number of benzene rings is 1. The Hall–Kier alpha value is -1.64. The first kappa shape index (κ1) is 19.4. The molecule has 0 aromatic heterocycles. The van der Waals surface area contributed by atoms with Gasteiger partial charge in [-0.1, -0.05) is 63.3 Å². The van der Waals surface area contributed by atoms with Gasteiger partial charge in [0, 0.05) is 18.4 Å². The quantitative estimate of drug-likeness (QED) is 0.390. The summed E-state index contributed by atoms with van der Waals surface area (Å²) >= 11 is 0. The van der Waals surface area contributed by atoms with Crippen LogP contribution in [0.4, 0.5) is 0 Å². The fourth-order valence-electron chi connectivity index (χ4n) is 2.67. The third-order valence-corrected chi connectivity index (χ3v) is 4.14. The van der Waals surface area contributed by atoms with E-state index in [1.807, 2.05) is 12.1 Å². The molecule has 0 aliphatic carbocycles. The van der Waals surface area contributed by atoms with Gasteiger partial charge in [0.15, 0.2) is 5.78 Å². The maximum Gasteiger partial charge on any atom is 0.303 e. The minimum absolute atomic E-state index is 0.162. The highest BCUT2D eigenvalue weighted by molar-refractivity contribution is 5.96. The van der Waals surface area contributed by atoms with Crippen LogP contribution >= 0.6 is 0 Å². The van der Waals surface area contributed by atoms with Gasteiger partial charge in [0.25, 0.3) is 0 Å². The first-order valence-corrected chi connectivity index (χ1v) is 8.97. The summed E-state index contributed by atoms with van der Waals surface area (Å²) < 4.78 is 0. The number of carboxylic acids is 1. The number of aliphatic carboxylic acids is 1. The Morgan fingerprint density at radius 2 is 1.43 bits per heavy atom. The van der Waals surface area contributed by atoms with Crippen LogP contribution in [0, 0.1) is 0 Å². The number of hydrogen-bond acceptors (Lipinski definition) is 2. The van der Waals surface area contributed by atoms with Crippen LogP contribution in [0.3, 0.4) is 0 Å². The van der Waals surface area contributed by atoms with E-state index in [9.17, 15) is 9.59 Å². The third-order valence-electron chi connectivity index (χ3n) is 4.14. The zero-order valence-corrected chi connectivity index (χ0v) is 14.4. The van der Waals surface area contributed by atoms with Gasteiger partial charge in [-0.15, -0.1) is 0 Å². The van der Waals surface area contributed by atoms with Crippen LogP contribution in [0.1, 0.15) is 87.1 Å². The molecule has 1 aromatic carbocycles. The minimum Gasteiger partial charge on any atom is -0.481 e. The zero-order valence-electron chi connectivity index (χ0n) is 14.4. The molecular formula is C20H30O3. The van der Waals surface area contributed by atoms with E-state index in [-0.39, 0.29) is 12.2 Å². The molecule has 0 saturated heterocycles. The molecule has 23 heavy (non-hydrogen) atoms. The first-order chi connectivity index (χ1) is 11.1. The van der Waals surface area contributed by atoms with Gasteiger partial charge in [0.2, 0.25) is 0 Å². The molecule has 3 nitrogen and oxygen atoms in total. The van der Waals surface area contributed by atoms with E-state index >= 15 is 0 Å². The molecule has 0 heterocycles. The summed E-state index contributed by atoms with van der Waals surface area (Å²) in [5.41, 5.74) is 2.08. The summed E-state index contributed by atoms with van der Waals surface area (Å²) in [7, 11) is 0. The summed E-state index contributed by atoms with van der Waals surface area (Å²) in [5.74, 6) is -0.601. The van der Waals surface area contributed by atoms with Crippen LogP contribution in [-0.2, 0) is 11.2 Å². The fourth-order valence-corrected chi connectivity index (χ4v) is 2.67. The SMILES string of the molecule is CCCCCCCc1ccc(C(=O)CCCCCC(=O)O)cc1. The van der Waals surface area contributed by atoms with Crippen LogP contribution in [-0.4, -0.2) is 16.9 Å². The third kappa shape index (κ3) is 9.17. The lowest BCUT2D eigenvalue weighted by atomic mass is 10.0. The Bertz CT molecular complexity index is 462. The molecule has 0 radical (unpaired) electrons. The standard InChI is InChI=1S/C20H30O3/c1-2-3-4-5-7-10-17-13-15-18(16-14-17)19(21)11-8-6-9-12-20(22)23/h13-16H,2-12H2,1H3,(H,22,23). The van der Waals surface area contributed by atoms with Gasteiger partial charge >= 0.3 is 5.97 Å². The summed E-state index contributed by atoms with van der Waals surface area (Å²) in [5, 5.41) is 8.56. The van der Waals surface area contributed by atoms with Crippen molar-refractivity contribution in [3.05, 3.63) is 35.4 Å². The van der Waals surface area contributed by atoms with Crippen LogP contribution < -0.4 is 0 Å². The van der Waals surface area contributed by atoms with Crippen LogP contribution in [0.2, 0.25) is 0 Å². The molecule has 0 aliphatic rings. The minimum atomic E-state index is -0.762. The van der Waals surface area contributed by atoms with Crippen LogP contribution in [0.25, 0.3) is 0 Å². The molecule has 0 bridgehead atoms. The molecule has 0 unspecified atom stereocenters. The summed E-state index contributed by atoms with van der Waals surface area (Å²) in [4.78, 5) is 22.5. The van der Waals surface area contributed by atoms with E-state index in [1.54, 1.807) is 0 Å². The number of carbonyl (C=O) groups is 2. The van der Waals surface area contributed by atoms with Gasteiger partial charge in [-0.05, 0) is 31.2 Å². The number of ketones is 1. The maximum absolute atomic E-state index is 12.1. The van der Waals surface area contributed by atoms with Crippen molar-refractivity contribution in [2.75, 3.05) is 0 Å². The molecule has 1 N–H and O–H groups in total. The second kappa shape index (κ2) is 11.9. The average Bonchev–Trinajstić information content (AvgIpc) is 2.54. The van der Waals surface area contributed by atoms with Crippen molar-refractivity contribution in [2.24, 2.45) is 0 Å². The Morgan fingerprint density at radius 1 is 0.826 bits per heavy atom. The van der Waals surface area contributed by atoms with E-state index in [2.05, 4.69) is 19.1 Å². The van der Waals surface area contributed by atoms with E-state index in [4.69, 9.17) is 5.11 Å². The van der Waals surface area contributed by atoms with Gasteiger partial charge in [-0.2, -0.15) is 0 Å². The molecule has 3 heteroatoms. The van der Waals surface area contributed by atoms with Gasteiger partial charge in [0.05, 0.1) is 0 Å². The number of hydrogen-bond donors (Lipinski definition) is 1. The number of aryl methyl sites for hydroxylation is 1. The summed E-state index contributed by atoms with van der Waals surface area (Å²) in [6.07, 6.45) is 10.4. The topological polar surface area (TPSA) is 54.4 Å². The Kier molecular flexibility index (Phi) is 10.0. The predicted octanol–water partition coefficient (Wildman–Crippen LogP) is 5.42. The van der Waals surface area contributed by atoms with Crippen molar-refractivity contribution in [3.63, 3.8) is 0 Å². The zero-order chi connectivity index (χ0) is 16.9. The highest BCUT2D eigenvalue weighted by Crippen LogP contribution is 2.13. The second-order valence-corrected chi connectivity index (χ2v) is 6.24. The molecular weight excluding hydrogens is 288 g/mol. The van der Waals surface area contributed by atoms with Gasteiger partial charge in [0.1, 0.15) is 0 Å². The molecule has 0 atom stereocenters. The van der Waals surface area contributed by atoms with Crippen molar-refractivity contribution >= 4 is 11.8 Å². The van der Waals surface area contributed by atoms with E-state index < -0.39 is 5.97 Å². The monoisotopic (exact) mass is 318 g/mol. The van der Waals surface area contributed by atoms with Crippen molar-refractivity contribution < 1.29 is 14.7 Å². The smallest absolute Gasteiger partial charge is 0.303 e. The van der Waals surface area contributed by atoms with E-state index in [0.29, 0.717) is 12.8 Å². The molecule has 0 aliphatic heterocycles. The Morgan fingerprint density at radius 3 is 2.09 bits per heavy atom. The molecule has 0 saturated carbocycles. The van der Waals surface area contributed by atoms with Gasteiger partial charge in [-0.3, -0.25) is 9.59 Å². The largest absolute Gasteiger partial charge is 0.481 e. The van der Waals surface area contributed by atoms with Gasteiger partial charge < -0.3 is 5.11 Å². The second-order valence-electron chi connectivity index (χ2n) is 6.24. The molecule has 0 fully saturated rings. The average molecular weight is 318 g/mol. The Balaban J connectivity index is 2.23. The van der Waals surface area contributed by atoms with Crippen molar-refractivity contribution in [1.29, 1.82) is 0 Å². The highest BCUT2D eigenvalue weighted by atomic mass is 16.4. The highest BCUT2D eigenvalue weighted by Gasteiger charge is 2.06. The van der Waals surface area contributed by atoms with Crippen molar-refractivity contribution in [2.45, 2.75) is 77.6 Å². The lowest BCUT2D eigenvalue weighted by Crippen LogP contribution is -2.00. The number of Topliss-reactive ketones (excluding diaryl/α,β-unsaturated/α-hetero) is 1. The normalized spacial score (nSPS) is 10.7. The summed E-state index contributed by atoms with van der Waals surface area (Å²) in [6, 6.07) is 8.00. The van der Waals surface area contributed by atoms with Crippen LogP contribution in [0.15, 0.2) is 24.3 Å². The number of carboxylic acid groups (broad SMARTS) is 1. The maximum atomic E-state index is 12.1. The number of carbonyl (C=O) groups excluding carboxylic acids is 1. The lowest BCUT2D eigenvalue weighted by molar-refractivity contribution is -0.137. The predicted molar refractivity (Wildman–Crippen MR) is 94.0 cm³/mol. The molecule has 0 spiro atoms. The van der Waals surface area contributed by atoms with E-state index in [1.165, 1.54) is 37.7 Å². The number of rotatable bonds is 13. The van der Waals surface area contributed by atoms with E-state index in [0.717, 1.165) is 24.8 Å². The molecule has 1 rings (SSSR count). The van der Waals surface area contributed by atoms with Gasteiger partial charge in [-0.25, -0.2) is 0 Å². The van der Waals surface area contributed by atoms with Crippen molar-refractivity contribution in [3.8, 4) is 0 Å². The van der Waals surface area contributed by atoms with Crippen molar-refractivity contribution in [1.82, 2.24) is 0 Å². The summed E-state index contributed by atoms with van der Waals surface area (Å²) in [6.45, 7) is 2.22. The Labute approximate surface area is 140 Å². The lowest BCUT2D eigenvalue weighted by Gasteiger charge is -2.04. The molecule has 0 amide bonds. The number of unbranched alkanes of at least 4 members (excludes halogenated alkanes) is 6. The molecule has 1 aromatic rings. The fraction of sp³-hybridized carbons (Fsp3) is 0.600.